The van der Waals surface area contributed by atoms with Gasteiger partial charge in [-0.15, -0.1) is 0 Å². The molecule has 0 aromatic heterocycles. The lowest BCUT2D eigenvalue weighted by Crippen LogP contribution is -2.46. The summed E-state index contributed by atoms with van der Waals surface area (Å²) in [6, 6.07) is 18.1. The lowest BCUT2D eigenvalue weighted by atomic mass is 10.0. The third-order valence-corrected chi connectivity index (χ3v) is 7.48. The monoisotopic (exact) mass is 422 g/mol. The molecule has 1 amide bonds. The van der Waals surface area contributed by atoms with Crippen LogP contribution in [0.2, 0.25) is 0 Å². The van der Waals surface area contributed by atoms with Crippen LogP contribution in [0.3, 0.4) is 0 Å². The molecule has 2 aliphatic rings. The van der Waals surface area contributed by atoms with Gasteiger partial charge in [-0.1, -0.05) is 36.4 Å². The fourth-order valence-corrected chi connectivity index (χ4v) is 5.92. The Morgan fingerprint density at radius 2 is 1.70 bits per heavy atom. The van der Waals surface area contributed by atoms with Crippen LogP contribution in [0.15, 0.2) is 71.6 Å². The van der Waals surface area contributed by atoms with E-state index < -0.39 is 15.8 Å². The van der Waals surface area contributed by atoms with Gasteiger partial charge >= 0.3 is 0 Å². The highest BCUT2D eigenvalue weighted by atomic mass is 32.2. The predicted molar refractivity (Wildman–Crippen MR) is 113 cm³/mol. The molecule has 0 atom stereocenters. The zero-order valence-electron chi connectivity index (χ0n) is 16.1. The number of benzene rings is 3. The molecule has 3 aromatic rings. The van der Waals surface area contributed by atoms with Crippen LogP contribution in [-0.2, 0) is 21.2 Å². The van der Waals surface area contributed by atoms with E-state index in [2.05, 4.69) is 0 Å². The molecule has 152 valence electrons. The van der Waals surface area contributed by atoms with Gasteiger partial charge in [0.2, 0.25) is 5.91 Å². The van der Waals surface area contributed by atoms with E-state index in [0.717, 1.165) is 28.4 Å². The van der Waals surface area contributed by atoms with Gasteiger partial charge < -0.3 is 4.90 Å². The van der Waals surface area contributed by atoms with Crippen molar-refractivity contribution in [2.75, 3.05) is 22.3 Å². The van der Waals surface area contributed by atoms with Crippen molar-refractivity contribution in [2.45, 2.75) is 17.7 Å². The van der Waals surface area contributed by atoms with Crippen LogP contribution in [-0.4, -0.2) is 27.4 Å². The molecule has 2 heterocycles. The molecule has 2 aliphatic heterocycles. The summed E-state index contributed by atoms with van der Waals surface area (Å²) >= 11 is 0. The number of hydrogen-bond acceptors (Lipinski definition) is 3. The van der Waals surface area contributed by atoms with Crippen LogP contribution in [0, 0.1) is 5.82 Å². The molecule has 5 nitrogen and oxygen atoms in total. The normalized spacial score (nSPS) is 16.4. The summed E-state index contributed by atoms with van der Waals surface area (Å²) in [6.07, 6.45) is 1.71. The number of nitrogens with zero attached hydrogens (tertiary/aromatic N) is 2. The smallest absolute Gasteiger partial charge is 0.265 e. The van der Waals surface area contributed by atoms with Crippen LogP contribution in [0.4, 0.5) is 15.8 Å². The maximum Gasteiger partial charge on any atom is 0.265 e. The van der Waals surface area contributed by atoms with Gasteiger partial charge in [0, 0.05) is 23.4 Å². The Balaban J connectivity index is 1.58. The lowest BCUT2D eigenvalue weighted by Gasteiger charge is -2.35. The molecule has 0 radical (unpaired) electrons. The molecule has 3 aromatic carbocycles. The molecule has 0 unspecified atom stereocenters. The Labute approximate surface area is 174 Å². The van der Waals surface area contributed by atoms with Gasteiger partial charge in [-0.25, -0.2) is 12.8 Å². The fraction of sp³-hybridized carbons (Fsp3) is 0.174. The molecule has 0 bridgehead atoms. The molecule has 7 heteroatoms. The summed E-state index contributed by atoms with van der Waals surface area (Å²) in [4.78, 5) is 15.0. The Morgan fingerprint density at radius 3 is 2.57 bits per heavy atom. The standard InChI is InChI=1S/C23H19FN2O3S/c24-17-11-12-21-19(14-17)18-8-2-4-10-22(18)30(28,29)26(21)15-23(27)25-13-5-7-16-6-1-3-9-20(16)25/h1-4,6,8-12,14H,5,7,13,15H2. The number of para-hydroxylation sites is 1. The molecule has 0 aliphatic carbocycles. The first-order valence-corrected chi connectivity index (χ1v) is 11.2. The van der Waals surface area contributed by atoms with E-state index in [4.69, 9.17) is 0 Å². The molecular weight excluding hydrogens is 403 g/mol. The topological polar surface area (TPSA) is 57.7 Å². The van der Waals surface area contributed by atoms with Gasteiger partial charge in [-0.05, 0) is 48.7 Å². The van der Waals surface area contributed by atoms with Crippen molar-refractivity contribution in [3.05, 3.63) is 78.1 Å². The van der Waals surface area contributed by atoms with Gasteiger partial charge in [0.15, 0.2) is 0 Å². The number of carbonyl (C=O) groups excluding carboxylic acids is 1. The minimum Gasteiger partial charge on any atom is -0.311 e. The maximum absolute atomic E-state index is 14.0. The van der Waals surface area contributed by atoms with Crippen molar-refractivity contribution in [3.63, 3.8) is 0 Å². The predicted octanol–water partition coefficient (Wildman–Crippen LogP) is 3.98. The van der Waals surface area contributed by atoms with Gasteiger partial charge in [0.05, 0.1) is 10.6 Å². The van der Waals surface area contributed by atoms with Crippen molar-refractivity contribution in [1.29, 1.82) is 0 Å². The SMILES string of the molecule is O=C(CN1c2ccc(F)cc2-c2ccccc2S1(=O)=O)N1CCCc2ccccc21. The highest BCUT2D eigenvalue weighted by Crippen LogP contribution is 2.43. The second-order valence-electron chi connectivity index (χ2n) is 7.45. The molecule has 0 spiro atoms. The highest BCUT2D eigenvalue weighted by molar-refractivity contribution is 7.93. The number of hydrogen-bond donors (Lipinski definition) is 0. The Hall–Kier alpha value is -3.19. The van der Waals surface area contributed by atoms with Crippen molar-refractivity contribution < 1.29 is 17.6 Å². The molecule has 0 N–H and O–H groups in total. The number of sulfonamides is 1. The zero-order chi connectivity index (χ0) is 20.9. The average molecular weight is 422 g/mol. The summed E-state index contributed by atoms with van der Waals surface area (Å²) in [5.41, 5.74) is 3.12. The Kier molecular flexibility index (Phi) is 4.36. The van der Waals surface area contributed by atoms with Crippen molar-refractivity contribution >= 4 is 27.3 Å². The summed E-state index contributed by atoms with van der Waals surface area (Å²) < 4.78 is 41.8. The van der Waals surface area contributed by atoms with E-state index in [1.165, 1.54) is 24.3 Å². The van der Waals surface area contributed by atoms with Gasteiger partial charge in [-0.3, -0.25) is 9.10 Å². The van der Waals surface area contributed by atoms with E-state index in [-0.39, 0.29) is 17.3 Å². The first-order valence-electron chi connectivity index (χ1n) is 9.77. The maximum atomic E-state index is 14.0. The van der Waals surface area contributed by atoms with E-state index in [9.17, 15) is 17.6 Å². The molecule has 0 saturated carbocycles. The lowest BCUT2D eigenvalue weighted by molar-refractivity contribution is -0.117. The van der Waals surface area contributed by atoms with Crippen molar-refractivity contribution in [1.82, 2.24) is 0 Å². The summed E-state index contributed by atoms with van der Waals surface area (Å²) in [6.45, 7) is 0.195. The quantitative estimate of drug-likeness (QED) is 0.628. The second-order valence-corrected chi connectivity index (χ2v) is 9.28. The number of fused-ring (bicyclic) bond motifs is 4. The zero-order valence-corrected chi connectivity index (χ0v) is 16.9. The van der Waals surface area contributed by atoms with Crippen LogP contribution in [0.1, 0.15) is 12.0 Å². The minimum atomic E-state index is -3.96. The minimum absolute atomic E-state index is 0.0787. The van der Waals surface area contributed by atoms with Crippen LogP contribution >= 0.6 is 0 Å². The van der Waals surface area contributed by atoms with Gasteiger partial charge in [0.1, 0.15) is 12.4 Å². The van der Waals surface area contributed by atoms with E-state index >= 15 is 0 Å². The highest BCUT2D eigenvalue weighted by Gasteiger charge is 2.37. The number of carbonyl (C=O) groups is 1. The Morgan fingerprint density at radius 1 is 0.933 bits per heavy atom. The van der Waals surface area contributed by atoms with Crippen molar-refractivity contribution in [2.24, 2.45) is 0 Å². The summed E-state index contributed by atoms with van der Waals surface area (Å²) in [5, 5.41) is 0. The first kappa shape index (κ1) is 18.8. The number of halogens is 1. The molecule has 0 saturated heterocycles. The third kappa shape index (κ3) is 2.89. The van der Waals surface area contributed by atoms with E-state index in [1.807, 2.05) is 24.3 Å². The number of aryl methyl sites for hydroxylation is 1. The van der Waals surface area contributed by atoms with Gasteiger partial charge in [-0.2, -0.15) is 0 Å². The van der Waals surface area contributed by atoms with Crippen LogP contribution in [0.5, 0.6) is 0 Å². The third-order valence-electron chi connectivity index (χ3n) is 5.66. The molecule has 0 fully saturated rings. The average Bonchev–Trinajstić information content (AvgIpc) is 2.76. The first-order chi connectivity index (χ1) is 14.5. The van der Waals surface area contributed by atoms with Crippen LogP contribution in [0.25, 0.3) is 11.1 Å². The van der Waals surface area contributed by atoms with Crippen LogP contribution < -0.4 is 9.21 Å². The Bertz CT molecular complexity index is 1270. The van der Waals surface area contributed by atoms with Crippen molar-refractivity contribution in [3.8, 4) is 11.1 Å². The number of rotatable bonds is 2. The number of anilines is 2. The molecular formula is C23H19FN2O3S. The largest absolute Gasteiger partial charge is 0.311 e. The fourth-order valence-electron chi connectivity index (χ4n) is 4.27. The molecule has 30 heavy (non-hydrogen) atoms. The summed E-state index contributed by atoms with van der Waals surface area (Å²) in [7, 11) is -3.96. The number of amides is 1. The summed E-state index contributed by atoms with van der Waals surface area (Å²) in [5.74, 6) is -0.764. The van der Waals surface area contributed by atoms with E-state index in [0.29, 0.717) is 23.4 Å². The van der Waals surface area contributed by atoms with E-state index in [1.54, 1.807) is 23.1 Å². The molecule has 5 rings (SSSR count). The van der Waals surface area contributed by atoms with Gasteiger partial charge in [0.25, 0.3) is 10.0 Å². The second kappa shape index (κ2) is 6.95.